The molecule has 4 unspecified atom stereocenters. The average molecular weight is 492 g/mol. The van der Waals surface area contributed by atoms with Crippen LogP contribution in [0.5, 0.6) is 0 Å². The number of carbonyl (C=O) groups excluding carboxylic acids is 2. The lowest BCUT2D eigenvalue weighted by atomic mass is 9.75. The van der Waals surface area contributed by atoms with E-state index in [2.05, 4.69) is 34.6 Å². The first-order valence-electron chi connectivity index (χ1n) is 11.8. The summed E-state index contributed by atoms with van der Waals surface area (Å²) in [5.41, 5.74) is 4.39. The fraction of sp³-hybridized carbons (Fsp3) is 0.625. The summed E-state index contributed by atoms with van der Waals surface area (Å²) in [4.78, 5) is 30.5. The van der Waals surface area contributed by atoms with Crippen molar-refractivity contribution in [2.75, 3.05) is 6.54 Å². The van der Waals surface area contributed by atoms with E-state index in [0.717, 1.165) is 34.3 Å². The summed E-state index contributed by atoms with van der Waals surface area (Å²) in [6.07, 6.45) is 1.86. The number of rotatable bonds is 6. The van der Waals surface area contributed by atoms with Gasteiger partial charge in [0.15, 0.2) is 11.5 Å². The largest absolute Gasteiger partial charge is 0.354 e. The molecule has 4 atom stereocenters. The maximum atomic E-state index is 13.5. The molecule has 1 saturated heterocycles. The van der Waals surface area contributed by atoms with Crippen molar-refractivity contribution < 1.29 is 9.59 Å². The highest BCUT2D eigenvalue weighted by Gasteiger charge is 2.53. The zero-order valence-corrected chi connectivity index (χ0v) is 21.3. The standard InChI is InChI=1S/C24H34ClN5O2S/c1-14(2)12-29-22(32)19-10-7-17(21(31)26-15(3)4)11-20(19)30-23(29)27-28-24(30)33-13-16-5-8-18(25)9-6-16/h5-6,8-9,14-15,17,19-20,23,27H,7,10-13H2,1-4H3,(H,26,31). The van der Waals surface area contributed by atoms with Crippen molar-refractivity contribution in [3.05, 3.63) is 34.9 Å². The molecule has 1 aromatic carbocycles. The van der Waals surface area contributed by atoms with E-state index >= 15 is 0 Å². The molecule has 0 spiro atoms. The lowest BCUT2D eigenvalue weighted by Crippen LogP contribution is -2.68. The van der Waals surface area contributed by atoms with Gasteiger partial charge in [-0.05, 0) is 56.7 Å². The van der Waals surface area contributed by atoms with Gasteiger partial charge in [-0.3, -0.25) is 15.0 Å². The van der Waals surface area contributed by atoms with E-state index in [1.165, 1.54) is 0 Å². The van der Waals surface area contributed by atoms with Gasteiger partial charge in [-0.2, -0.15) is 5.10 Å². The molecule has 2 heterocycles. The van der Waals surface area contributed by atoms with Crippen molar-refractivity contribution >= 4 is 40.3 Å². The molecule has 3 aliphatic rings. The highest BCUT2D eigenvalue weighted by atomic mass is 35.5. The molecule has 33 heavy (non-hydrogen) atoms. The number of benzene rings is 1. The minimum atomic E-state index is -0.291. The van der Waals surface area contributed by atoms with E-state index in [1.54, 1.807) is 11.8 Å². The van der Waals surface area contributed by atoms with Gasteiger partial charge in [-0.15, -0.1) is 0 Å². The molecule has 2 N–H and O–H groups in total. The van der Waals surface area contributed by atoms with Crippen LogP contribution in [0, 0.1) is 17.8 Å². The number of carbonyl (C=O) groups is 2. The van der Waals surface area contributed by atoms with E-state index in [1.807, 2.05) is 43.0 Å². The Balaban J connectivity index is 1.55. The van der Waals surface area contributed by atoms with Crippen LogP contribution in [0.4, 0.5) is 0 Å². The zero-order valence-electron chi connectivity index (χ0n) is 19.8. The molecule has 4 rings (SSSR count). The van der Waals surface area contributed by atoms with Gasteiger partial charge >= 0.3 is 0 Å². The smallest absolute Gasteiger partial charge is 0.230 e. The Hall–Kier alpha value is -1.93. The summed E-state index contributed by atoms with van der Waals surface area (Å²) in [5.74, 6) is 1.20. The summed E-state index contributed by atoms with van der Waals surface area (Å²) in [7, 11) is 0. The van der Waals surface area contributed by atoms with Gasteiger partial charge in [0, 0.05) is 35.3 Å². The Labute approximate surface area is 205 Å². The van der Waals surface area contributed by atoms with Crippen molar-refractivity contribution in [1.29, 1.82) is 0 Å². The van der Waals surface area contributed by atoms with Crippen LogP contribution in [-0.4, -0.2) is 51.7 Å². The molecular weight excluding hydrogens is 458 g/mol. The molecule has 0 radical (unpaired) electrons. The lowest BCUT2D eigenvalue weighted by Gasteiger charge is -2.51. The summed E-state index contributed by atoms with van der Waals surface area (Å²) in [6, 6.07) is 7.92. The number of amidine groups is 1. The predicted molar refractivity (Wildman–Crippen MR) is 133 cm³/mol. The fourth-order valence-corrected chi connectivity index (χ4v) is 6.13. The van der Waals surface area contributed by atoms with Crippen molar-refractivity contribution in [2.45, 2.75) is 71.1 Å². The number of amides is 2. The Morgan fingerprint density at radius 3 is 2.64 bits per heavy atom. The molecule has 1 aliphatic carbocycles. The van der Waals surface area contributed by atoms with Gasteiger partial charge in [0.1, 0.15) is 0 Å². The van der Waals surface area contributed by atoms with Gasteiger partial charge in [0.05, 0.1) is 5.92 Å². The Morgan fingerprint density at radius 2 is 1.97 bits per heavy atom. The topological polar surface area (TPSA) is 77.0 Å². The fourth-order valence-electron chi connectivity index (χ4n) is 5.02. The molecule has 2 amide bonds. The molecule has 1 saturated carbocycles. The summed E-state index contributed by atoms with van der Waals surface area (Å²) in [6.45, 7) is 8.90. The number of nitrogens with one attached hydrogen (secondary N) is 2. The summed E-state index contributed by atoms with van der Waals surface area (Å²) in [5, 5.41) is 9.32. The molecule has 1 aromatic rings. The van der Waals surface area contributed by atoms with Crippen molar-refractivity contribution in [3.8, 4) is 0 Å². The minimum Gasteiger partial charge on any atom is -0.354 e. The van der Waals surface area contributed by atoms with Crippen LogP contribution >= 0.6 is 23.4 Å². The molecule has 0 aromatic heterocycles. The lowest BCUT2D eigenvalue weighted by molar-refractivity contribution is -0.158. The van der Waals surface area contributed by atoms with Crippen LogP contribution in [0.15, 0.2) is 29.4 Å². The Kier molecular flexibility index (Phi) is 7.43. The predicted octanol–water partition coefficient (Wildman–Crippen LogP) is 3.84. The third-order valence-corrected chi connectivity index (χ3v) is 7.76. The van der Waals surface area contributed by atoms with Crippen LogP contribution in [0.3, 0.4) is 0 Å². The third-order valence-electron chi connectivity index (χ3n) is 6.47. The molecule has 0 bridgehead atoms. The maximum absolute atomic E-state index is 13.5. The number of hydrogen-bond acceptors (Lipinski definition) is 6. The van der Waals surface area contributed by atoms with Crippen LogP contribution in [0.2, 0.25) is 5.02 Å². The number of fused-ring (bicyclic) bond motifs is 3. The SMILES string of the molecule is CC(C)CN1C(=O)C2CCC(C(=O)NC(C)C)CC2N2C(SCc3ccc(Cl)cc3)=NNC12. The van der Waals surface area contributed by atoms with E-state index in [-0.39, 0.29) is 42.0 Å². The van der Waals surface area contributed by atoms with Gasteiger partial charge in [-0.25, -0.2) is 0 Å². The monoisotopic (exact) mass is 491 g/mol. The van der Waals surface area contributed by atoms with E-state index in [4.69, 9.17) is 11.6 Å². The second-order valence-electron chi connectivity index (χ2n) is 9.95. The quantitative estimate of drug-likeness (QED) is 0.632. The highest BCUT2D eigenvalue weighted by molar-refractivity contribution is 8.13. The second-order valence-corrected chi connectivity index (χ2v) is 11.3. The second kappa shape index (κ2) is 10.1. The van der Waals surface area contributed by atoms with Crippen LogP contribution in [0.1, 0.15) is 52.5 Å². The van der Waals surface area contributed by atoms with E-state index in [0.29, 0.717) is 18.9 Å². The minimum absolute atomic E-state index is 0.0333. The highest BCUT2D eigenvalue weighted by Crippen LogP contribution is 2.41. The number of halogens is 1. The normalized spacial score (nSPS) is 26.8. The van der Waals surface area contributed by atoms with Gasteiger partial charge in [-0.1, -0.05) is 49.3 Å². The van der Waals surface area contributed by atoms with E-state index in [9.17, 15) is 9.59 Å². The first-order valence-corrected chi connectivity index (χ1v) is 13.2. The number of thioether (sulfide) groups is 1. The van der Waals surface area contributed by atoms with Gasteiger partial charge < -0.3 is 15.1 Å². The molecule has 2 fully saturated rings. The molecule has 180 valence electrons. The number of hydrogen-bond donors (Lipinski definition) is 2. The number of nitrogens with zero attached hydrogens (tertiary/aromatic N) is 3. The first kappa shape index (κ1) is 24.2. The molecule has 9 heteroatoms. The molecular formula is C24H34ClN5O2S. The summed E-state index contributed by atoms with van der Waals surface area (Å²) < 4.78 is 0. The Bertz CT molecular complexity index is 907. The van der Waals surface area contributed by atoms with Crippen LogP contribution in [0.25, 0.3) is 0 Å². The average Bonchev–Trinajstić information content (AvgIpc) is 3.19. The number of hydrazone groups is 1. The van der Waals surface area contributed by atoms with Crippen molar-refractivity contribution in [1.82, 2.24) is 20.5 Å². The molecule has 7 nitrogen and oxygen atoms in total. The molecule has 2 aliphatic heterocycles. The summed E-state index contributed by atoms with van der Waals surface area (Å²) >= 11 is 7.69. The van der Waals surface area contributed by atoms with Gasteiger partial charge in [0.25, 0.3) is 0 Å². The van der Waals surface area contributed by atoms with Crippen molar-refractivity contribution in [3.63, 3.8) is 0 Å². The van der Waals surface area contributed by atoms with Crippen LogP contribution < -0.4 is 10.7 Å². The van der Waals surface area contributed by atoms with Crippen molar-refractivity contribution in [2.24, 2.45) is 22.9 Å². The Morgan fingerprint density at radius 1 is 1.24 bits per heavy atom. The maximum Gasteiger partial charge on any atom is 0.230 e. The van der Waals surface area contributed by atoms with Crippen LogP contribution in [-0.2, 0) is 15.3 Å². The zero-order chi connectivity index (χ0) is 23.7. The first-order chi connectivity index (χ1) is 15.7. The van der Waals surface area contributed by atoms with Gasteiger partial charge in [0.2, 0.25) is 11.8 Å². The van der Waals surface area contributed by atoms with E-state index < -0.39 is 0 Å². The third kappa shape index (κ3) is 5.27.